The molecule has 0 spiro atoms. The van der Waals surface area contributed by atoms with Crippen LogP contribution in [0.15, 0.2) is 72.9 Å². The highest BCUT2D eigenvalue weighted by atomic mass is 31.2. The Bertz CT molecular complexity index is 1040. The van der Waals surface area contributed by atoms with Crippen LogP contribution < -0.4 is 0 Å². The lowest BCUT2D eigenvalue weighted by Crippen LogP contribution is -2.29. The van der Waals surface area contributed by atoms with Crippen molar-refractivity contribution in [1.29, 1.82) is 0 Å². The van der Waals surface area contributed by atoms with Gasteiger partial charge in [0.1, 0.15) is 6.61 Å². The third-order valence-corrected chi connectivity index (χ3v) is 8.18. The molecule has 0 aromatic heterocycles. The van der Waals surface area contributed by atoms with Crippen molar-refractivity contribution in [1.82, 2.24) is 0 Å². The topological polar surface area (TPSA) is 119 Å². The minimum atomic E-state index is -4.78. The van der Waals surface area contributed by atoms with Crippen molar-refractivity contribution < 1.29 is 37.9 Å². The van der Waals surface area contributed by atoms with Crippen LogP contribution in [0.3, 0.4) is 0 Å². The molecule has 9 heteroatoms. The highest BCUT2D eigenvalue weighted by Gasteiger charge is 2.22. The molecule has 0 fully saturated rings. The highest BCUT2D eigenvalue weighted by molar-refractivity contribution is 7.46. The zero-order valence-corrected chi connectivity index (χ0v) is 32.2. The second kappa shape index (κ2) is 36.3. The normalized spacial score (nSPS) is 13.3. The summed E-state index contributed by atoms with van der Waals surface area (Å²) in [5.74, 6) is -0.998. The Kier molecular flexibility index (Phi) is 34.5. The summed E-state index contributed by atoms with van der Waals surface area (Å²) in [5.41, 5.74) is 0. The molecule has 0 heterocycles. The molecule has 50 heavy (non-hydrogen) atoms. The van der Waals surface area contributed by atoms with E-state index in [2.05, 4.69) is 85.2 Å². The number of allylic oxidation sites excluding steroid dienone is 12. The molecule has 0 aliphatic carbocycles. The van der Waals surface area contributed by atoms with Gasteiger partial charge in [0.15, 0.2) is 6.10 Å². The van der Waals surface area contributed by atoms with Crippen molar-refractivity contribution in [3.05, 3.63) is 72.9 Å². The predicted octanol–water partition coefficient (Wildman–Crippen LogP) is 11.5. The lowest BCUT2D eigenvalue weighted by atomic mass is 10.1. The van der Waals surface area contributed by atoms with E-state index in [1.807, 2.05) is 6.08 Å². The van der Waals surface area contributed by atoms with Crippen LogP contribution in [-0.2, 0) is 28.2 Å². The van der Waals surface area contributed by atoms with E-state index in [0.717, 1.165) is 51.4 Å². The Hall–Kier alpha value is -2.51. The number of esters is 2. The van der Waals surface area contributed by atoms with Gasteiger partial charge in [0.05, 0.1) is 6.61 Å². The van der Waals surface area contributed by atoms with E-state index < -0.39 is 32.5 Å². The van der Waals surface area contributed by atoms with Gasteiger partial charge in [-0.05, 0) is 83.5 Å². The van der Waals surface area contributed by atoms with E-state index in [0.29, 0.717) is 19.3 Å². The van der Waals surface area contributed by atoms with E-state index in [1.54, 1.807) is 0 Å². The molecule has 0 rings (SSSR count). The number of carbonyl (C=O) groups excluding carboxylic acids is 2. The smallest absolute Gasteiger partial charge is 0.462 e. The van der Waals surface area contributed by atoms with Crippen LogP contribution in [0.5, 0.6) is 0 Å². The molecule has 0 aliphatic rings. The summed E-state index contributed by atoms with van der Waals surface area (Å²) >= 11 is 0. The van der Waals surface area contributed by atoms with E-state index in [9.17, 15) is 14.2 Å². The molecular formula is C41H69O8P. The molecule has 286 valence electrons. The second-order valence-electron chi connectivity index (χ2n) is 12.5. The maximum Gasteiger partial charge on any atom is 0.469 e. The summed E-state index contributed by atoms with van der Waals surface area (Å²) in [5, 5.41) is 0. The van der Waals surface area contributed by atoms with Crippen molar-refractivity contribution in [3.63, 3.8) is 0 Å². The molecule has 0 aliphatic heterocycles. The van der Waals surface area contributed by atoms with Crippen molar-refractivity contribution in [3.8, 4) is 0 Å². The third kappa shape index (κ3) is 38.3. The molecule has 0 saturated carbocycles. The minimum absolute atomic E-state index is 0.128. The van der Waals surface area contributed by atoms with Crippen LogP contribution in [-0.4, -0.2) is 41.0 Å². The number of phosphoric ester groups is 1. The molecular weight excluding hydrogens is 651 g/mol. The number of ether oxygens (including phenoxy) is 2. The van der Waals surface area contributed by atoms with Crippen LogP contribution in [0, 0.1) is 0 Å². The maximum atomic E-state index is 12.3. The number of phosphoric acid groups is 1. The van der Waals surface area contributed by atoms with Gasteiger partial charge in [0, 0.05) is 12.8 Å². The van der Waals surface area contributed by atoms with Crippen LogP contribution in [0.4, 0.5) is 0 Å². The first-order valence-corrected chi connectivity index (χ1v) is 20.8. The van der Waals surface area contributed by atoms with E-state index in [1.165, 1.54) is 57.8 Å². The zero-order chi connectivity index (χ0) is 36.8. The quantitative estimate of drug-likeness (QED) is 0.0292. The minimum Gasteiger partial charge on any atom is -0.462 e. The number of hydrogen-bond donors (Lipinski definition) is 2. The number of hydrogen-bond acceptors (Lipinski definition) is 6. The van der Waals surface area contributed by atoms with Gasteiger partial charge in [0.25, 0.3) is 0 Å². The number of unbranched alkanes of at least 4 members (excludes halogenated alkanes) is 12. The van der Waals surface area contributed by atoms with Crippen LogP contribution in [0.2, 0.25) is 0 Å². The van der Waals surface area contributed by atoms with Crippen LogP contribution >= 0.6 is 7.82 Å². The molecule has 0 saturated heterocycles. The average molecular weight is 721 g/mol. The molecule has 1 atom stereocenters. The van der Waals surface area contributed by atoms with Gasteiger partial charge in [-0.1, -0.05) is 132 Å². The highest BCUT2D eigenvalue weighted by Crippen LogP contribution is 2.35. The summed E-state index contributed by atoms with van der Waals surface area (Å²) in [7, 11) is -4.78. The van der Waals surface area contributed by atoms with Crippen molar-refractivity contribution in [2.75, 3.05) is 13.2 Å². The SMILES string of the molecule is CCCCC/C=C/C/C=C/C/C=C/CCCCC(=O)OC[C@H](COP(=O)(O)O)OC(=O)CCC/C=C/C/C=C/C/C=C/CCCCCCCC. The number of carbonyl (C=O) groups is 2. The van der Waals surface area contributed by atoms with Gasteiger partial charge in [-0.15, -0.1) is 0 Å². The molecule has 0 aromatic carbocycles. The van der Waals surface area contributed by atoms with Gasteiger partial charge >= 0.3 is 19.8 Å². The number of rotatable bonds is 34. The van der Waals surface area contributed by atoms with Gasteiger partial charge in [0.2, 0.25) is 0 Å². The molecule has 0 radical (unpaired) electrons. The van der Waals surface area contributed by atoms with E-state index in [4.69, 9.17) is 19.3 Å². The van der Waals surface area contributed by atoms with Gasteiger partial charge in [-0.25, -0.2) is 4.57 Å². The Balaban J connectivity index is 4.14. The predicted molar refractivity (Wildman–Crippen MR) is 207 cm³/mol. The standard InChI is InChI=1S/C41H69O8P/c1-3-5-7-9-11-13-15-17-19-20-22-24-26-28-30-32-34-36-41(43)49-39(38-48-50(44,45)46)37-47-40(42)35-33-31-29-27-25-23-21-18-16-14-12-10-8-6-4-2/h12,14,17-19,21-22,24-25,27-28,30,39H,3-11,13,15-16,20,23,26,29,31-38H2,1-2H3,(H2,44,45,46)/b14-12+,19-17+,21-18+,24-22+,27-25+,30-28+/t39-/m1/s1. The van der Waals surface area contributed by atoms with Gasteiger partial charge < -0.3 is 19.3 Å². The average Bonchev–Trinajstić information content (AvgIpc) is 3.08. The fraction of sp³-hybridized carbons (Fsp3) is 0.659. The molecule has 2 N–H and O–H groups in total. The summed E-state index contributed by atoms with van der Waals surface area (Å²) in [4.78, 5) is 42.7. The second-order valence-corrected chi connectivity index (χ2v) is 13.8. The summed E-state index contributed by atoms with van der Waals surface area (Å²) in [6, 6.07) is 0. The van der Waals surface area contributed by atoms with Crippen molar-refractivity contribution in [2.24, 2.45) is 0 Å². The first-order chi connectivity index (χ1) is 24.3. The third-order valence-electron chi connectivity index (χ3n) is 7.70. The lowest BCUT2D eigenvalue weighted by Gasteiger charge is -2.18. The fourth-order valence-corrected chi connectivity index (χ4v) is 5.17. The maximum absolute atomic E-state index is 12.3. The van der Waals surface area contributed by atoms with Crippen LogP contribution in [0.25, 0.3) is 0 Å². The lowest BCUT2D eigenvalue weighted by molar-refractivity contribution is -0.161. The molecule has 0 amide bonds. The molecule has 0 bridgehead atoms. The van der Waals surface area contributed by atoms with Gasteiger partial charge in [-0.3, -0.25) is 14.1 Å². The van der Waals surface area contributed by atoms with E-state index >= 15 is 0 Å². The summed E-state index contributed by atoms with van der Waals surface area (Å²) in [6.45, 7) is 3.55. The zero-order valence-electron chi connectivity index (χ0n) is 31.3. The van der Waals surface area contributed by atoms with Crippen molar-refractivity contribution >= 4 is 19.8 Å². The first kappa shape index (κ1) is 47.5. The Morgan fingerprint density at radius 3 is 1.44 bits per heavy atom. The Morgan fingerprint density at radius 2 is 0.920 bits per heavy atom. The molecule has 0 aromatic rings. The van der Waals surface area contributed by atoms with Gasteiger partial charge in [-0.2, -0.15) is 0 Å². The molecule has 0 unspecified atom stereocenters. The van der Waals surface area contributed by atoms with Crippen LogP contribution in [0.1, 0.15) is 155 Å². The van der Waals surface area contributed by atoms with Crippen molar-refractivity contribution in [2.45, 2.75) is 161 Å². The Labute approximate surface area is 304 Å². The fourth-order valence-electron chi connectivity index (χ4n) is 4.81. The van der Waals surface area contributed by atoms with E-state index in [-0.39, 0.29) is 19.4 Å². The first-order valence-electron chi connectivity index (χ1n) is 19.2. The largest absolute Gasteiger partial charge is 0.469 e. The monoisotopic (exact) mass is 720 g/mol. The summed E-state index contributed by atoms with van der Waals surface area (Å²) in [6.07, 6.45) is 46.3. The Morgan fingerprint density at radius 1 is 0.520 bits per heavy atom. The summed E-state index contributed by atoms with van der Waals surface area (Å²) < 4.78 is 26.2. The molecule has 8 nitrogen and oxygen atoms in total.